The fourth-order valence-electron chi connectivity index (χ4n) is 3.98. The maximum atomic E-state index is 11.9. The highest BCUT2D eigenvalue weighted by atomic mass is 16.7. The number of rotatable bonds is 17. The van der Waals surface area contributed by atoms with Crippen LogP contribution in [0.2, 0.25) is 0 Å². The molecule has 0 bridgehead atoms. The third-order valence-corrected chi connectivity index (χ3v) is 5.81. The predicted molar refractivity (Wildman–Crippen MR) is 127 cm³/mol. The molecule has 0 aliphatic carbocycles. The minimum Gasteiger partial charge on any atom is -0.199 e. The Morgan fingerprint density at radius 2 is 1.30 bits per heavy atom. The summed E-state index contributed by atoms with van der Waals surface area (Å²) in [4.78, 5) is 17.1. The Balaban J connectivity index is 1.42. The Morgan fingerprint density at radius 1 is 0.733 bits per heavy atom. The minimum absolute atomic E-state index is 0.154. The van der Waals surface area contributed by atoms with Crippen LogP contribution in [0.1, 0.15) is 102 Å². The van der Waals surface area contributed by atoms with Crippen molar-refractivity contribution in [3.05, 3.63) is 48.0 Å². The first-order chi connectivity index (χ1) is 14.8. The lowest BCUT2D eigenvalue weighted by molar-refractivity contribution is -0.151. The molecule has 0 atom stereocenters. The molecule has 0 unspecified atom stereocenters. The SMILES string of the molecule is CCCCCCCCCCCCCCCC(=[O+])ONCc1cccc2ccccc12. The third-order valence-electron chi connectivity index (χ3n) is 5.81. The third kappa shape index (κ3) is 10.2. The van der Waals surface area contributed by atoms with Gasteiger partial charge in [0, 0.05) is 0 Å². The first kappa shape index (κ1) is 24.4. The molecule has 0 saturated carbocycles. The lowest BCUT2D eigenvalue weighted by Gasteiger charge is -2.04. The summed E-state index contributed by atoms with van der Waals surface area (Å²) in [6.45, 7) is 2.80. The van der Waals surface area contributed by atoms with E-state index in [0.717, 1.165) is 18.4 Å². The molecule has 165 valence electrons. The van der Waals surface area contributed by atoms with Crippen molar-refractivity contribution in [3.63, 3.8) is 0 Å². The summed E-state index contributed by atoms with van der Waals surface area (Å²) in [7, 11) is 0. The molecule has 0 aliphatic heterocycles. The second-order valence-corrected chi connectivity index (χ2v) is 8.43. The van der Waals surface area contributed by atoms with Crippen molar-refractivity contribution < 1.29 is 9.63 Å². The molecule has 2 rings (SSSR count). The van der Waals surface area contributed by atoms with Gasteiger partial charge < -0.3 is 0 Å². The van der Waals surface area contributed by atoms with E-state index in [4.69, 9.17) is 4.84 Å². The molecule has 0 aromatic heterocycles. The highest BCUT2D eigenvalue weighted by Gasteiger charge is 2.16. The molecule has 1 radical (unpaired) electrons. The molecule has 3 nitrogen and oxygen atoms in total. The van der Waals surface area contributed by atoms with Crippen LogP contribution in [0, 0.1) is 0 Å². The van der Waals surface area contributed by atoms with E-state index in [9.17, 15) is 4.79 Å². The first-order valence-electron chi connectivity index (χ1n) is 12.2. The maximum Gasteiger partial charge on any atom is 0.597 e. The van der Waals surface area contributed by atoms with Crippen molar-refractivity contribution in [3.8, 4) is 0 Å². The van der Waals surface area contributed by atoms with Crippen molar-refractivity contribution >= 4 is 16.7 Å². The van der Waals surface area contributed by atoms with Gasteiger partial charge in [0.2, 0.25) is 0 Å². The fraction of sp³-hybridized carbons (Fsp3) is 0.593. The van der Waals surface area contributed by atoms with Crippen LogP contribution in [-0.2, 0) is 16.2 Å². The summed E-state index contributed by atoms with van der Waals surface area (Å²) in [5.41, 5.74) is 3.98. The highest BCUT2D eigenvalue weighted by molar-refractivity contribution is 5.85. The van der Waals surface area contributed by atoms with Crippen LogP contribution >= 0.6 is 0 Å². The summed E-state index contributed by atoms with van der Waals surface area (Å²) in [5, 5.41) is 2.40. The summed E-state index contributed by atoms with van der Waals surface area (Å²) in [6.07, 6.45) is 17.5. The molecule has 3 heteroatoms. The normalized spacial score (nSPS) is 11.1. The van der Waals surface area contributed by atoms with Crippen molar-refractivity contribution in [2.24, 2.45) is 0 Å². The Kier molecular flexibility index (Phi) is 12.9. The van der Waals surface area contributed by atoms with Gasteiger partial charge in [0.25, 0.3) is 0 Å². The van der Waals surface area contributed by atoms with Crippen LogP contribution in [0.25, 0.3) is 10.8 Å². The van der Waals surface area contributed by atoms with Crippen molar-refractivity contribution in [1.29, 1.82) is 0 Å². The van der Waals surface area contributed by atoms with Crippen LogP contribution in [0.5, 0.6) is 0 Å². The Bertz CT molecular complexity index is 708. The molecule has 30 heavy (non-hydrogen) atoms. The Morgan fingerprint density at radius 3 is 1.97 bits per heavy atom. The molecular weight excluding hydrogens is 370 g/mol. The lowest BCUT2D eigenvalue weighted by atomic mass is 10.0. The van der Waals surface area contributed by atoms with E-state index in [2.05, 4.69) is 36.7 Å². The molecule has 0 amide bonds. The second kappa shape index (κ2) is 15.9. The number of fused-ring (bicyclic) bond motifs is 1. The first-order valence-corrected chi connectivity index (χ1v) is 12.2. The van der Waals surface area contributed by atoms with Gasteiger partial charge in [-0.15, -0.1) is 0 Å². The van der Waals surface area contributed by atoms with E-state index in [-0.39, 0.29) is 5.97 Å². The van der Waals surface area contributed by atoms with Crippen molar-refractivity contribution in [1.82, 2.24) is 5.48 Å². The smallest absolute Gasteiger partial charge is 0.199 e. The lowest BCUT2D eigenvalue weighted by Crippen LogP contribution is -2.19. The van der Waals surface area contributed by atoms with Gasteiger partial charge in [0.15, 0.2) is 0 Å². The van der Waals surface area contributed by atoms with Gasteiger partial charge in [-0.25, -0.2) is 0 Å². The number of hydrogen-bond acceptors (Lipinski definition) is 3. The number of hydroxylamine groups is 1. The van der Waals surface area contributed by atoms with Gasteiger partial charge in [-0.1, -0.05) is 126 Å². The van der Waals surface area contributed by atoms with Gasteiger partial charge >= 0.3 is 5.97 Å². The Labute approximate surface area is 183 Å². The average Bonchev–Trinajstić information content (AvgIpc) is 2.77. The fourth-order valence-corrected chi connectivity index (χ4v) is 3.98. The zero-order valence-corrected chi connectivity index (χ0v) is 19.0. The monoisotopic (exact) mass is 411 g/mol. The van der Waals surface area contributed by atoms with Crippen LogP contribution in [0.3, 0.4) is 0 Å². The van der Waals surface area contributed by atoms with E-state index in [1.807, 2.05) is 18.2 Å². The zero-order valence-electron chi connectivity index (χ0n) is 19.0. The van der Waals surface area contributed by atoms with Gasteiger partial charge in [-0.3, -0.25) is 0 Å². The topological polar surface area (TPSA) is 41.2 Å². The van der Waals surface area contributed by atoms with E-state index in [1.165, 1.54) is 81.4 Å². The van der Waals surface area contributed by atoms with Crippen LogP contribution in [0.15, 0.2) is 42.5 Å². The molecule has 2 aromatic rings. The van der Waals surface area contributed by atoms with E-state index < -0.39 is 0 Å². The number of carbonyl (C=O) groups excluding carboxylic acids is 1. The second-order valence-electron chi connectivity index (χ2n) is 8.43. The van der Waals surface area contributed by atoms with Gasteiger partial charge in [0.1, 0.15) is 6.42 Å². The quantitative estimate of drug-likeness (QED) is 0.163. The molecule has 0 aliphatic rings. The van der Waals surface area contributed by atoms with E-state index in [0.29, 0.717) is 13.0 Å². The number of unbranched alkanes of at least 4 members (excludes halogenated alkanes) is 12. The summed E-state index contributed by atoms with van der Waals surface area (Å²) >= 11 is 0. The zero-order chi connectivity index (χ0) is 21.3. The molecule has 0 heterocycles. The summed E-state index contributed by atoms with van der Waals surface area (Å²) in [6, 6.07) is 14.5. The number of carbonyl (C=O) groups is 1. The van der Waals surface area contributed by atoms with Gasteiger partial charge in [-0.2, -0.15) is 4.84 Å². The molecular formula is C27H41NO2+. The number of nitrogens with one attached hydrogen (secondary N) is 1. The Hall–Kier alpha value is -1.87. The van der Waals surface area contributed by atoms with E-state index >= 15 is 0 Å². The van der Waals surface area contributed by atoms with E-state index in [1.54, 1.807) is 0 Å². The molecule has 1 N–H and O–H groups in total. The predicted octanol–water partition coefficient (Wildman–Crippen LogP) is 7.87. The largest absolute Gasteiger partial charge is 0.597 e. The van der Waals surface area contributed by atoms with Crippen LogP contribution < -0.4 is 5.48 Å². The van der Waals surface area contributed by atoms with Crippen molar-refractivity contribution in [2.75, 3.05) is 0 Å². The number of hydrogen-bond donors (Lipinski definition) is 1. The summed E-state index contributed by atoms with van der Waals surface area (Å²) in [5.74, 6) is -0.154. The molecule has 0 saturated heterocycles. The van der Waals surface area contributed by atoms with Crippen LogP contribution in [-0.4, -0.2) is 5.97 Å². The van der Waals surface area contributed by atoms with Crippen molar-refractivity contribution in [2.45, 2.75) is 103 Å². The van der Waals surface area contributed by atoms with Gasteiger partial charge in [0.05, 0.1) is 11.3 Å². The number of benzene rings is 2. The highest BCUT2D eigenvalue weighted by Crippen LogP contribution is 2.18. The van der Waals surface area contributed by atoms with Crippen LogP contribution in [0.4, 0.5) is 0 Å². The maximum absolute atomic E-state index is 11.9. The molecule has 2 aromatic carbocycles. The standard InChI is InChI=1S/C27H41NO2/c1-2-3-4-5-6-7-8-9-10-11-12-13-14-22-27(29)30-28-23-25-20-17-19-24-18-15-16-21-26(24)25/h15-21,28H,2-14,22-23H2,1H3/q+1. The minimum atomic E-state index is -0.154. The average molecular weight is 412 g/mol. The molecule has 0 fully saturated rings. The molecule has 0 spiro atoms. The van der Waals surface area contributed by atoms with Gasteiger partial charge in [-0.05, 0) is 28.2 Å². The summed E-state index contributed by atoms with van der Waals surface area (Å²) < 4.78 is 0.